The van der Waals surface area contributed by atoms with Crippen molar-refractivity contribution in [3.05, 3.63) is 20.8 Å². The molecule has 0 aliphatic carbocycles. The van der Waals surface area contributed by atoms with Crippen molar-refractivity contribution < 1.29 is 0 Å². The molecule has 2 nitrogen and oxygen atoms in total. The molecule has 0 atom stereocenters. The van der Waals surface area contributed by atoms with Crippen molar-refractivity contribution in [2.24, 2.45) is 0 Å². The maximum absolute atomic E-state index is 3.61. The van der Waals surface area contributed by atoms with Gasteiger partial charge in [0, 0.05) is 41.1 Å². The van der Waals surface area contributed by atoms with Crippen LogP contribution in [0, 0.1) is 0 Å². The highest BCUT2D eigenvalue weighted by atomic mass is 79.9. The van der Waals surface area contributed by atoms with Gasteiger partial charge in [0.25, 0.3) is 0 Å². The van der Waals surface area contributed by atoms with E-state index in [0.717, 1.165) is 19.6 Å². The second kappa shape index (κ2) is 4.77. The largest absolute Gasteiger partial charge is 0.299 e. The van der Waals surface area contributed by atoms with Gasteiger partial charge in [0.1, 0.15) is 0 Å². The van der Waals surface area contributed by atoms with Gasteiger partial charge in [-0.05, 0) is 48.3 Å². The Morgan fingerprint density at radius 3 is 2.75 bits per heavy atom. The van der Waals surface area contributed by atoms with Crippen LogP contribution >= 0.6 is 27.3 Å². The average Bonchev–Trinajstić information content (AvgIpc) is 2.58. The van der Waals surface area contributed by atoms with Crippen molar-refractivity contribution in [1.82, 2.24) is 9.80 Å². The molecule has 1 saturated heterocycles. The van der Waals surface area contributed by atoms with Gasteiger partial charge >= 0.3 is 0 Å². The fourth-order valence-electron chi connectivity index (χ4n) is 2.12. The minimum atomic E-state index is 0.294. The summed E-state index contributed by atoms with van der Waals surface area (Å²) < 4.78 is 1.26. The van der Waals surface area contributed by atoms with E-state index < -0.39 is 0 Å². The molecule has 0 spiro atoms. The SMILES string of the molecule is CN1CCN(Cc2sccc2Br)CC1(C)C. The van der Waals surface area contributed by atoms with E-state index in [4.69, 9.17) is 0 Å². The van der Waals surface area contributed by atoms with Crippen LogP contribution < -0.4 is 0 Å². The molecule has 1 fully saturated rings. The third kappa shape index (κ3) is 2.67. The maximum atomic E-state index is 3.61. The van der Waals surface area contributed by atoms with Gasteiger partial charge in [0.15, 0.2) is 0 Å². The molecule has 0 bridgehead atoms. The number of halogens is 1. The van der Waals surface area contributed by atoms with Crippen LogP contribution in [-0.4, -0.2) is 42.0 Å². The predicted octanol–water partition coefficient (Wildman–Crippen LogP) is 3.04. The van der Waals surface area contributed by atoms with E-state index in [-0.39, 0.29) is 0 Å². The van der Waals surface area contributed by atoms with E-state index in [1.807, 2.05) is 11.3 Å². The van der Waals surface area contributed by atoms with Gasteiger partial charge < -0.3 is 0 Å². The molecular formula is C12H19BrN2S. The summed E-state index contributed by atoms with van der Waals surface area (Å²) in [7, 11) is 2.22. The number of hydrogen-bond acceptors (Lipinski definition) is 3. The molecule has 0 radical (unpaired) electrons. The molecule has 0 aromatic carbocycles. The number of piperazine rings is 1. The van der Waals surface area contributed by atoms with Crippen LogP contribution in [0.15, 0.2) is 15.9 Å². The Labute approximate surface area is 110 Å². The first-order valence-electron chi connectivity index (χ1n) is 5.64. The van der Waals surface area contributed by atoms with Gasteiger partial charge in [0.05, 0.1) is 0 Å². The zero-order valence-corrected chi connectivity index (χ0v) is 12.6. The van der Waals surface area contributed by atoms with E-state index >= 15 is 0 Å². The Bertz CT molecular complexity index is 362. The lowest BCUT2D eigenvalue weighted by atomic mass is 10.00. The molecule has 4 heteroatoms. The Morgan fingerprint density at radius 1 is 1.44 bits per heavy atom. The summed E-state index contributed by atoms with van der Waals surface area (Å²) in [6.07, 6.45) is 0. The maximum Gasteiger partial charge on any atom is 0.0340 e. The molecule has 0 unspecified atom stereocenters. The van der Waals surface area contributed by atoms with E-state index in [1.165, 1.54) is 15.9 Å². The average molecular weight is 303 g/mol. The van der Waals surface area contributed by atoms with Crippen molar-refractivity contribution in [3.8, 4) is 0 Å². The first-order valence-corrected chi connectivity index (χ1v) is 7.32. The lowest BCUT2D eigenvalue weighted by molar-refractivity contribution is 0.0364. The van der Waals surface area contributed by atoms with Gasteiger partial charge in [-0.3, -0.25) is 9.80 Å². The fraction of sp³-hybridized carbons (Fsp3) is 0.667. The summed E-state index contributed by atoms with van der Waals surface area (Å²) in [6.45, 7) is 9.20. The molecule has 0 saturated carbocycles. The monoisotopic (exact) mass is 302 g/mol. The number of rotatable bonds is 2. The van der Waals surface area contributed by atoms with Crippen LogP contribution in [0.4, 0.5) is 0 Å². The van der Waals surface area contributed by atoms with Gasteiger partial charge in [0.2, 0.25) is 0 Å². The summed E-state index contributed by atoms with van der Waals surface area (Å²) in [5.74, 6) is 0. The second-order valence-electron chi connectivity index (χ2n) is 5.14. The van der Waals surface area contributed by atoms with Crippen LogP contribution in [0.2, 0.25) is 0 Å². The summed E-state index contributed by atoms with van der Waals surface area (Å²) in [6, 6.07) is 2.14. The van der Waals surface area contributed by atoms with Crippen LogP contribution in [-0.2, 0) is 6.54 Å². The third-order valence-corrected chi connectivity index (χ3v) is 5.36. The molecule has 1 aromatic rings. The van der Waals surface area contributed by atoms with Gasteiger partial charge in [-0.15, -0.1) is 11.3 Å². The highest BCUT2D eigenvalue weighted by Crippen LogP contribution is 2.26. The highest BCUT2D eigenvalue weighted by molar-refractivity contribution is 9.10. The van der Waals surface area contributed by atoms with Crippen LogP contribution in [0.1, 0.15) is 18.7 Å². The summed E-state index contributed by atoms with van der Waals surface area (Å²) in [5.41, 5.74) is 0.294. The van der Waals surface area contributed by atoms with Gasteiger partial charge in [-0.25, -0.2) is 0 Å². The number of thiophene rings is 1. The Kier molecular flexibility index (Phi) is 3.74. The molecule has 0 amide bonds. The fourth-order valence-corrected chi connectivity index (χ4v) is 3.64. The lowest BCUT2D eigenvalue weighted by Gasteiger charge is -2.45. The minimum Gasteiger partial charge on any atom is -0.299 e. The van der Waals surface area contributed by atoms with Crippen molar-refractivity contribution >= 4 is 27.3 Å². The normalized spacial score (nSPS) is 22.5. The molecule has 1 aromatic heterocycles. The van der Waals surface area contributed by atoms with Crippen LogP contribution in [0.3, 0.4) is 0 Å². The van der Waals surface area contributed by atoms with Crippen molar-refractivity contribution in [1.29, 1.82) is 0 Å². The number of likely N-dealkylation sites (N-methyl/N-ethyl adjacent to an activating group) is 1. The lowest BCUT2D eigenvalue weighted by Crippen LogP contribution is -2.57. The van der Waals surface area contributed by atoms with Crippen LogP contribution in [0.5, 0.6) is 0 Å². The second-order valence-corrected chi connectivity index (χ2v) is 6.99. The topological polar surface area (TPSA) is 6.48 Å². The molecule has 0 N–H and O–H groups in total. The zero-order valence-electron chi connectivity index (χ0n) is 10.2. The van der Waals surface area contributed by atoms with E-state index in [9.17, 15) is 0 Å². The van der Waals surface area contributed by atoms with E-state index in [0.29, 0.717) is 5.54 Å². The van der Waals surface area contributed by atoms with E-state index in [1.54, 1.807) is 0 Å². The minimum absolute atomic E-state index is 0.294. The standard InChI is InChI=1S/C12H19BrN2S/c1-12(2)9-15(6-5-14(12)3)8-11-10(13)4-7-16-11/h4,7H,5-6,8-9H2,1-3H3. The number of hydrogen-bond donors (Lipinski definition) is 0. The van der Waals surface area contributed by atoms with Crippen molar-refractivity contribution in [3.63, 3.8) is 0 Å². The summed E-state index contributed by atoms with van der Waals surface area (Å²) in [5, 5.41) is 2.15. The molecule has 90 valence electrons. The Morgan fingerprint density at radius 2 is 2.19 bits per heavy atom. The van der Waals surface area contributed by atoms with E-state index in [2.05, 4.69) is 58.1 Å². The molecule has 2 rings (SSSR count). The van der Waals surface area contributed by atoms with Crippen LogP contribution in [0.25, 0.3) is 0 Å². The first-order chi connectivity index (χ1) is 7.49. The molecule has 16 heavy (non-hydrogen) atoms. The Hall–Kier alpha value is 0.100. The quantitative estimate of drug-likeness (QED) is 0.828. The van der Waals surface area contributed by atoms with Gasteiger partial charge in [-0.1, -0.05) is 0 Å². The van der Waals surface area contributed by atoms with Crippen molar-refractivity contribution in [2.75, 3.05) is 26.7 Å². The summed E-state index contributed by atoms with van der Waals surface area (Å²) >= 11 is 5.45. The molecule has 1 aliphatic rings. The van der Waals surface area contributed by atoms with Crippen molar-refractivity contribution in [2.45, 2.75) is 25.9 Å². The Balaban J connectivity index is 2.00. The third-order valence-electron chi connectivity index (χ3n) is 3.45. The number of nitrogens with zero attached hydrogens (tertiary/aromatic N) is 2. The zero-order chi connectivity index (χ0) is 11.8. The first kappa shape index (κ1) is 12.6. The molecule has 2 heterocycles. The predicted molar refractivity (Wildman–Crippen MR) is 74.0 cm³/mol. The molecular weight excluding hydrogens is 284 g/mol. The highest BCUT2D eigenvalue weighted by Gasteiger charge is 2.31. The van der Waals surface area contributed by atoms with Gasteiger partial charge in [-0.2, -0.15) is 0 Å². The summed E-state index contributed by atoms with van der Waals surface area (Å²) in [4.78, 5) is 6.45. The smallest absolute Gasteiger partial charge is 0.0340 e. The molecule has 1 aliphatic heterocycles.